The molecule has 21 heteroatoms. The third-order valence-corrected chi connectivity index (χ3v) is 8.93. The van der Waals surface area contributed by atoms with Gasteiger partial charge >= 0.3 is 53.8 Å². The lowest BCUT2D eigenvalue weighted by atomic mass is 9.90. The fourth-order valence-corrected chi connectivity index (χ4v) is 6.87. The van der Waals surface area contributed by atoms with Crippen molar-refractivity contribution in [1.29, 1.82) is 0 Å². The van der Waals surface area contributed by atoms with Gasteiger partial charge in [-0.15, -0.1) is 0 Å². The van der Waals surface area contributed by atoms with Gasteiger partial charge in [-0.25, -0.2) is 4.79 Å². The van der Waals surface area contributed by atoms with Crippen molar-refractivity contribution in [2.75, 3.05) is 23.8 Å². The van der Waals surface area contributed by atoms with Crippen LogP contribution in [-0.2, 0) is 85.7 Å². The molecule has 2 aliphatic rings. The van der Waals surface area contributed by atoms with Gasteiger partial charge in [-0.05, 0) is 35.4 Å². The fraction of sp³-hybridized carbons (Fsp3) is 0.488. The summed E-state index contributed by atoms with van der Waals surface area (Å²) in [6, 6.07) is 11.5. The lowest BCUT2D eigenvalue weighted by molar-refractivity contribution is -0.254. The lowest BCUT2D eigenvalue weighted by Crippen LogP contribution is -2.59. The number of benzene rings is 2. The molecule has 0 aliphatic carbocycles. The summed E-state index contributed by atoms with van der Waals surface area (Å²) in [7, 11) is 0. The van der Waals surface area contributed by atoms with E-state index in [-0.39, 0.29) is 11.4 Å². The quantitative estimate of drug-likeness (QED) is 0.204. The van der Waals surface area contributed by atoms with Crippen LogP contribution in [-0.4, -0.2) is 116 Å². The van der Waals surface area contributed by atoms with Crippen LogP contribution in [0.5, 0.6) is 0 Å². The van der Waals surface area contributed by atoms with Gasteiger partial charge < -0.3 is 58.0 Å². The number of esters is 8. The van der Waals surface area contributed by atoms with Crippen LogP contribution in [0.1, 0.15) is 78.7 Å². The van der Waals surface area contributed by atoms with E-state index < -0.39 is 128 Å². The Hall–Kier alpha value is -6.61. The summed E-state index contributed by atoms with van der Waals surface area (Å²) in [6.45, 7) is 8.06. The molecule has 0 spiro atoms. The van der Waals surface area contributed by atoms with E-state index in [1.807, 2.05) is 0 Å². The summed E-state index contributed by atoms with van der Waals surface area (Å²) in [4.78, 5) is 111. The molecule has 0 bridgehead atoms. The van der Waals surface area contributed by atoms with Crippen molar-refractivity contribution in [1.82, 2.24) is 0 Å². The second kappa shape index (κ2) is 21.8. The summed E-state index contributed by atoms with van der Waals surface area (Å²) in [5.41, 5.74) is 0.990. The standard InChI is InChI=1S/C41H48N2O19/c1-19(44)53-17-31-35(55-21(3)46)39(59-25(7)50)37(57-23(5)48)33(61-31)27-11-9-13-29(15-27)42-41(52)43-30-14-10-12-28(16-30)34-38(58-24(6)49)40(60-26(8)51)36(56-22(4)47)32(62-34)18-54-20(2)45/h9-16,31-40H,17-18H2,1-8H3,(H2,42,43,52)/t31-,32-,33-,34-,35-,36-,37-,38-,39-,40+/m1/s1. The Labute approximate surface area is 355 Å². The number of carbonyl (C=O) groups is 9. The first kappa shape index (κ1) is 48.1. The number of anilines is 2. The van der Waals surface area contributed by atoms with E-state index in [2.05, 4.69) is 10.6 Å². The van der Waals surface area contributed by atoms with Gasteiger partial charge in [-0.2, -0.15) is 0 Å². The number of hydrogen-bond donors (Lipinski definition) is 2. The van der Waals surface area contributed by atoms with Crippen molar-refractivity contribution in [3.05, 3.63) is 59.7 Å². The zero-order chi connectivity index (χ0) is 45.8. The second-order valence-electron chi connectivity index (χ2n) is 14.1. The number of urea groups is 1. The minimum absolute atomic E-state index is 0.198. The molecular weight excluding hydrogens is 824 g/mol. The van der Waals surface area contributed by atoms with Crippen molar-refractivity contribution in [2.24, 2.45) is 0 Å². The summed E-state index contributed by atoms with van der Waals surface area (Å²) in [5.74, 6) is -6.13. The maximum Gasteiger partial charge on any atom is 0.323 e. The van der Waals surface area contributed by atoms with Gasteiger partial charge in [-0.3, -0.25) is 38.4 Å². The molecule has 0 saturated carbocycles. The molecule has 21 nitrogen and oxygen atoms in total. The van der Waals surface area contributed by atoms with Crippen molar-refractivity contribution in [3.63, 3.8) is 0 Å². The number of nitrogens with one attached hydrogen (secondary N) is 2. The van der Waals surface area contributed by atoms with E-state index in [0.29, 0.717) is 11.1 Å². The molecule has 2 amide bonds. The molecular formula is C41H48N2O19. The van der Waals surface area contributed by atoms with Crippen molar-refractivity contribution < 1.29 is 90.5 Å². The van der Waals surface area contributed by atoms with E-state index in [4.69, 9.17) is 47.4 Å². The largest absolute Gasteiger partial charge is 0.463 e. The highest BCUT2D eigenvalue weighted by Gasteiger charge is 2.54. The van der Waals surface area contributed by atoms with Gasteiger partial charge in [0.05, 0.1) is 0 Å². The normalized spacial score (nSPS) is 25.4. The molecule has 0 unspecified atom stereocenters. The van der Waals surface area contributed by atoms with Crippen LogP contribution in [0.2, 0.25) is 0 Å². The smallest absolute Gasteiger partial charge is 0.323 e. The highest BCUT2D eigenvalue weighted by Crippen LogP contribution is 2.40. The molecule has 2 aliphatic heterocycles. The molecule has 2 aromatic rings. The monoisotopic (exact) mass is 872 g/mol. The van der Waals surface area contributed by atoms with Crippen LogP contribution in [0.25, 0.3) is 0 Å². The molecule has 0 aromatic heterocycles. The molecule has 2 N–H and O–H groups in total. The van der Waals surface area contributed by atoms with Gasteiger partial charge in [0.15, 0.2) is 36.6 Å². The maximum atomic E-state index is 13.5. The van der Waals surface area contributed by atoms with E-state index in [1.54, 1.807) is 24.3 Å². The van der Waals surface area contributed by atoms with E-state index >= 15 is 0 Å². The third-order valence-electron chi connectivity index (χ3n) is 8.93. The first-order chi connectivity index (χ1) is 29.2. The van der Waals surface area contributed by atoms with Crippen LogP contribution in [0.15, 0.2) is 48.5 Å². The zero-order valence-electron chi connectivity index (χ0n) is 35.1. The number of hydrogen-bond acceptors (Lipinski definition) is 19. The summed E-state index contributed by atoms with van der Waals surface area (Å²) < 4.78 is 55.9. The van der Waals surface area contributed by atoms with Crippen LogP contribution >= 0.6 is 0 Å². The molecule has 10 atom stereocenters. The highest BCUT2D eigenvalue weighted by molar-refractivity contribution is 5.99. The van der Waals surface area contributed by atoms with Gasteiger partial charge in [-0.1, -0.05) is 24.3 Å². The van der Waals surface area contributed by atoms with E-state index in [1.165, 1.54) is 24.3 Å². The Morgan fingerprint density at radius 2 is 0.742 bits per heavy atom. The topological polar surface area (TPSA) is 270 Å². The summed E-state index contributed by atoms with van der Waals surface area (Å²) >= 11 is 0. The highest BCUT2D eigenvalue weighted by atomic mass is 16.7. The van der Waals surface area contributed by atoms with Crippen molar-refractivity contribution in [3.8, 4) is 0 Å². The molecule has 62 heavy (non-hydrogen) atoms. The SMILES string of the molecule is CC(=O)OC[C@H]1O[C@H](c2cccc(NC(=O)Nc3cccc([C@H]4O[C@H](COC(C)=O)[C@@H](OC(C)=O)[C@@H](OC(C)=O)[C@@H]4OC(C)=O)c3)c2)[C@@H](OC(C)=O)[C@@H](OC(C)=O)[C@@H]1OC(C)=O. The van der Waals surface area contributed by atoms with Gasteiger partial charge in [0.2, 0.25) is 0 Å². The van der Waals surface area contributed by atoms with Gasteiger partial charge in [0.25, 0.3) is 0 Å². The average Bonchev–Trinajstić information content (AvgIpc) is 3.15. The third kappa shape index (κ3) is 13.7. The molecule has 4 rings (SSSR count). The first-order valence-electron chi connectivity index (χ1n) is 19.1. The zero-order valence-corrected chi connectivity index (χ0v) is 35.1. The minimum Gasteiger partial charge on any atom is -0.463 e. The Morgan fingerprint density at radius 1 is 0.435 bits per heavy atom. The van der Waals surface area contributed by atoms with E-state index in [9.17, 15) is 43.2 Å². The molecule has 0 radical (unpaired) electrons. The maximum absolute atomic E-state index is 13.5. The Balaban J connectivity index is 1.64. The first-order valence-corrected chi connectivity index (χ1v) is 19.1. The average molecular weight is 873 g/mol. The molecule has 2 heterocycles. The Morgan fingerprint density at radius 3 is 1.05 bits per heavy atom. The van der Waals surface area contributed by atoms with Crippen LogP contribution in [0.3, 0.4) is 0 Å². The van der Waals surface area contributed by atoms with Crippen LogP contribution in [0.4, 0.5) is 16.2 Å². The minimum atomic E-state index is -1.42. The predicted octanol–water partition coefficient (Wildman–Crippen LogP) is 2.93. The number of ether oxygens (including phenoxy) is 10. The predicted molar refractivity (Wildman–Crippen MR) is 207 cm³/mol. The van der Waals surface area contributed by atoms with Gasteiger partial charge in [0.1, 0.15) is 37.6 Å². The summed E-state index contributed by atoms with van der Waals surface area (Å²) in [5, 5.41) is 5.37. The van der Waals surface area contributed by atoms with Crippen LogP contribution in [0, 0.1) is 0 Å². The van der Waals surface area contributed by atoms with Crippen molar-refractivity contribution in [2.45, 2.75) is 116 Å². The second-order valence-corrected chi connectivity index (χ2v) is 14.1. The summed E-state index contributed by atoms with van der Waals surface area (Å²) in [6.07, 6.45) is -13.2. The molecule has 2 saturated heterocycles. The Kier molecular flexibility index (Phi) is 16.9. The number of amides is 2. The number of rotatable bonds is 14. The molecule has 336 valence electrons. The molecule has 2 fully saturated rings. The Bertz CT molecular complexity index is 1880. The fourth-order valence-electron chi connectivity index (χ4n) is 6.87. The lowest BCUT2D eigenvalue weighted by Gasteiger charge is -2.44. The van der Waals surface area contributed by atoms with Gasteiger partial charge in [0, 0.05) is 66.8 Å². The van der Waals surface area contributed by atoms with E-state index in [0.717, 1.165) is 55.4 Å². The van der Waals surface area contributed by atoms with Crippen LogP contribution < -0.4 is 10.6 Å². The number of carbonyl (C=O) groups excluding carboxylic acids is 9. The molecule has 2 aromatic carbocycles. The van der Waals surface area contributed by atoms with Crippen molar-refractivity contribution >= 4 is 65.2 Å².